The third-order valence-electron chi connectivity index (χ3n) is 4.39. The molecule has 0 amide bonds. The van der Waals surface area contributed by atoms with Crippen LogP contribution in [0.5, 0.6) is 0 Å². The summed E-state index contributed by atoms with van der Waals surface area (Å²) in [4.78, 5) is 0. The van der Waals surface area contributed by atoms with Crippen molar-refractivity contribution in [3.8, 4) is 0 Å². The van der Waals surface area contributed by atoms with Crippen molar-refractivity contribution >= 4 is 43.0 Å². The summed E-state index contributed by atoms with van der Waals surface area (Å²) in [6, 6.07) is 0. The van der Waals surface area contributed by atoms with Crippen molar-refractivity contribution in [1.29, 1.82) is 0 Å². The standard InChI is InChI=1S/C12H24O4Si4.C8H18O3Si/c1-9-17(5)13-18(6,10-2)15-20(8,12-4)16-19(7,11-3)14-17;1-5-9-12(8-4,10-6-2)11-7-3/h9-12H,1-4H2,5-8H3;8H,4-7H2,1-3H3. The molecule has 0 aliphatic carbocycles. The molecule has 184 valence electrons. The largest absolute Gasteiger partial charge is 0.528 e. The van der Waals surface area contributed by atoms with Crippen LogP contribution >= 0.6 is 0 Å². The highest BCUT2D eigenvalue weighted by Crippen LogP contribution is 2.32. The van der Waals surface area contributed by atoms with Crippen LogP contribution in [0.3, 0.4) is 0 Å². The van der Waals surface area contributed by atoms with Gasteiger partial charge in [-0.3, -0.25) is 0 Å². The second kappa shape index (κ2) is 13.4. The third-order valence-corrected chi connectivity index (χ3v) is 22.9. The average molecular weight is 535 g/mol. The van der Waals surface area contributed by atoms with E-state index in [0.717, 1.165) is 0 Å². The van der Waals surface area contributed by atoms with E-state index in [1.165, 1.54) is 0 Å². The van der Waals surface area contributed by atoms with Gasteiger partial charge in [0.05, 0.1) is 0 Å². The molecule has 0 unspecified atom stereocenters. The predicted octanol–water partition coefficient (Wildman–Crippen LogP) is 5.02. The lowest BCUT2D eigenvalue weighted by atomic mass is 10.9. The Kier molecular flexibility index (Phi) is 13.2. The average Bonchev–Trinajstić information content (AvgIpc) is 2.73. The van der Waals surface area contributed by atoms with Gasteiger partial charge in [0.2, 0.25) is 0 Å². The molecule has 7 nitrogen and oxygen atoms in total. The zero-order chi connectivity index (χ0) is 25.1. The van der Waals surface area contributed by atoms with Gasteiger partial charge >= 0.3 is 43.0 Å². The van der Waals surface area contributed by atoms with Crippen LogP contribution in [0.2, 0.25) is 26.2 Å². The first-order chi connectivity index (χ1) is 14.8. The highest BCUT2D eigenvalue weighted by Gasteiger charge is 2.53. The normalized spacial score (nSPS) is 33.0. The molecule has 0 saturated carbocycles. The van der Waals surface area contributed by atoms with Gasteiger partial charge < -0.3 is 29.7 Å². The van der Waals surface area contributed by atoms with Crippen LogP contribution in [0.1, 0.15) is 20.8 Å². The zero-order valence-corrected chi connectivity index (χ0v) is 25.9. The molecule has 0 atom stereocenters. The monoisotopic (exact) mass is 534 g/mol. The van der Waals surface area contributed by atoms with Gasteiger partial charge in [0, 0.05) is 19.8 Å². The zero-order valence-electron chi connectivity index (χ0n) is 20.9. The minimum Gasteiger partial charge on any atom is -0.410 e. The molecule has 1 heterocycles. The van der Waals surface area contributed by atoms with Crippen molar-refractivity contribution < 1.29 is 29.7 Å². The van der Waals surface area contributed by atoms with Crippen LogP contribution in [0, 0.1) is 0 Å². The van der Waals surface area contributed by atoms with Crippen molar-refractivity contribution in [2.45, 2.75) is 47.0 Å². The lowest BCUT2D eigenvalue weighted by Crippen LogP contribution is -2.65. The SMILES string of the molecule is C=C[Si](OCC)(OCC)OCC.C=C[Si]1(C)O[Si](C)(C=C)O[Si](C)(C=C)O[Si](C)(C=C)O1. The number of hydrogen-bond acceptors (Lipinski definition) is 7. The molecular weight excluding hydrogens is 493 g/mol. The molecule has 0 N–H and O–H groups in total. The Bertz CT molecular complexity index is 553. The van der Waals surface area contributed by atoms with Gasteiger partial charge in [0.1, 0.15) is 0 Å². The van der Waals surface area contributed by atoms with Gasteiger partial charge in [-0.2, -0.15) is 0 Å². The maximum Gasteiger partial charge on any atom is 0.528 e. The van der Waals surface area contributed by atoms with Gasteiger partial charge in [0.15, 0.2) is 0 Å². The first-order valence-corrected chi connectivity index (χ1v) is 22.1. The van der Waals surface area contributed by atoms with E-state index in [-0.39, 0.29) is 0 Å². The van der Waals surface area contributed by atoms with Gasteiger partial charge in [-0.25, -0.2) is 0 Å². The Morgan fingerprint density at radius 3 is 0.906 bits per heavy atom. The summed E-state index contributed by atoms with van der Waals surface area (Å²) in [5, 5.41) is 0. The first kappa shape index (κ1) is 31.5. The summed E-state index contributed by atoms with van der Waals surface area (Å²) in [5.41, 5.74) is 8.68. The molecular formula is C20H42O7Si5. The maximum atomic E-state index is 6.25. The molecule has 1 aliphatic rings. The molecule has 32 heavy (non-hydrogen) atoms. The van der Waals surface area contributed by atoms with Gasteiger partial charge in [-0.15, -0.1) is 26.3 Å². The van der Waals surface area contributed by atoms with Crippen LogP contribution in [0.4, 0.5) is 0 Å². The van der Waals surface area contributed by atoms with Crippen molar-refractivity contribution in [3.05, 3.63) is 61.4 Å². The van der Waals surface area contributed by atoms with Gasteiger partial charge in [0.25, 0.3) is 0 Å². The van der Waals surface area contributed by atoms with E-state index in [9.17, 15) is 0 Å². The number of hydrogen-bond donors (Lipinski definition) is 0. The van der Waals surface area contributed by atoms with E-state index < -0.39 is 43.0 Å². The second-order valence-corrected chi connectivity index (χ2v) is 22.9. The molecule has 0 spiro atoms. The summed E-state index contributed by atoms with van der Waals surface area (Å²) >= 11 is 0. The van der Waals surface area contributed by atoms with E-state index in [4.69, 9.17) is 29.7 Å². The minimum atomic E-state index is -2.60. The molecule has 0 aromatic carbocycles. The molecule has 0 radical (unpaired) electrons. The fourth-order valence-corrected chi connectivity index (χ4v) is 22.5. The molecule has 1 rings (SSSR count). The summed E-state index contributed by atoms with van der Waals surface area (Å²) in [6.45, 7) is 34.4. The Morgan fingerprint density at radius 2 is 0.781 bits per heavy atom. The molecule has 1 fully saturated rings. The lowest BCUT2D eigenvalue weighted by Gasteiger charge is -2.46. The van der Waals surface area contributed by atoms with E-state index >= 15 is 0 Å². The Balaban J connectivity index is 0.000000687. The summed E-state index contributed by atoms with van der Waals surface area (Å²) in [5.74, 6) is 0. The quantitative estimate of drug-likeness (QED) is 0.345. The minimum absolute atomic E-state index is 0.595. The third kappa shape index (κ3) is 9.40. The Morgan fingerprint density at radius 1 is 0.562 bits per heavy atom. The highest BCUT2D eigenvalue weighted by molar-refractivity contribution is 6.98. The lowest BCUT2D eigenvalue weighted by molar-refractivity contribution is 0.0843. The molecule has 0 aromatic heterocycles. The molecule has 1 saturated heterocycles. The van der Waals surface area contributed by atoms with Crippen LogP contribution in [-0.4, -0.2) is 62.9 Å². The van der Waals surface area contributed by atoms with Crippen molar-refractivity contribution in [2.24, 2.45) is 0 Å². The highest BCUT2D eigenvalue weighted by atomic mass is 28.5. The van der Waals surface area contributed by atoms with E-state index in [1.807, 2.05) is 47.0 Å². The van der Waals surface area contributed by atoms with E-state index in [0.29, 0.717) is 19.8 Å². The van der Waals surface area contributed by atoms with Crippen molar-refractivity contribution in [1.82, 2.24) is 0 Å². The maximum absolute atomic E-state index is 6.25. The topological polar surface area (TPSA) is 64.6 Å². The summed E-state index contributed by atoms with van der Waals surface area (Å²) < 4.78 is 41.3. The number of rotatable bonds is 11. The van der Waals surface area contributed by atoms with Crippen LogP contribution in [-0.2, 0) is 29.7 Å². The van der Waals surface area contributed by atoms with Crippen LogP contribution < -0.4 is 0 Å². The Labute approximate surface area is 200 Å². The second-order valence-electron chi connectivity index (χ2n) is 7.40. The van der Waals surface area contributed by atoms with Gasteiger partial charge in [-0.1, -0.05) is 29.4 Å². The van der Waals surface area contributed by atoms with E-state index in [2.05, 4.69) is 32.9 Å². The van der Waals surface area contributed by atoms with Crippen LogP contribution in [0.25, 0.3) is 0 Å². The van der Waals surface area contributed by atoms with E-state index in [1.54, 1.807) is 28.5 Å². The molecule has 0 bridgehead atoms. The fraction of sp³-hybridized carbons (Fsp3) is 0.500. The molecule has 1 aliphatic heterocycles. The van der Waals surface area contributed by atoms with Crippen LogP contribution in [0.15, 0.2) is 61.4 Å². The van der Waals surface area contributed by atoms with Gasteiger partial charge in [-0.05, 0) is 52.7 Å². The van der Waals surface area contributed by atoms with Crippen molar-refractivity contribution in [3.63, 3.8) is 0 Å². The molecule has 12 heteroatoms. The Hall–Kier alpha value is -0.496. The van der Waals surface area contributed by atoms with Crippen molar-refractivity contribution in [2.75, 3.05) is 19.8 Å². The predicted molar refractivity (Wildman–Crippen MR) is 142 cm³/mol. The fourth-order valence-electron chi connectivity index (χ4n) is 2.93. The summed E-state index contributed by atoms with van der Waals surface area (Å²) in [7, 11) is -12.9. The summed E-state index contributed by atoms with van der Waals surface area (Å²) in [6.07, 6.45) is 0. The smallest absolute Gasteiger partial charge is 0.410 e. The molecule has 0 aromatic rings. The first-order valence-electron chi connectivity index (χ1n) is 10.7.